The van der Waals surface area contributed by atoms with Gasteiger partial charge in [-0.2, -0.15) is 0 Å². The number of rotatable bonds is 2. The minimum Gasteiger partial charge on any atom is -0.374 e. The van der Waals surface area contributed by atoms with Crippen LogP contribution in [0.4, 0.5) is 0 Å². The lowest BCUT2D eigenvalue weighted by Crippen LogP contribution is -2.54. The van der Waals surface area contributed by atoms with Crippen LogP contribution in [0.3, 0.4) is 0 Å². The molecule has 1 saturated heterocycles. The first kappa shape index (κ1) is 14.2. The molecule has 102 valence electrons. The van der Waals surface area contributed by atoms with Gasteiger partial charge in [0, 0.05) is 12.6 Å². The summed E-state index contributed by atoms with van der Waals surface area (Å²) in [6.45, 7) is 3.97. The number of thiocarbonyl (C=S) groups is 1. The van der Waals surface area contributed by atoms with Gasteiger partial charge in [0.05, 0.1) is 10.9 Å². The Kier molecular flexibility index (Phi) is 3.74. The zero-order valence-electron chi connectivity index (χ0n) is 11.5. The Morgan fingerprint density at radius 1 is 1.37 bits per heavy atom. The van der Waals surface area contributed by atoms with Gasteiger partial charge in [-0.05, 0) is 11.8 Å². The fraction of sp³-hybridized carbons (Fsp3) is 0.467. The van der Waals surface area contributed by atoms with Crippen LogP contribution >= 0.6 is 12.2 Å². The first-order chi connectivity index (χ1) is 8.84. The molecule has 3 nitrogen and oxygen atoms in total. The van der Waals surface area contributed by atoms with E-state index in [2.05, 4.69) is 0 Å². The van der Waals surface area contributed by atoms with Crippen LogP contribution in [0.15, 0.2) is 30.3 Å². The lowest BCUT2D eigenvalue weighted by atomic mass is 9.69. The summed E-state index contributed by atoms with van der Waals surface area (Å²) < 4.78 is 0. The third kappa shape index (κ3) is 2.55. The number of likely N-dealkylation sites (tertiary alicyclic amines) is 1. The molecule has 0 aromatic heterocycles. The van der Waals surface area contributed by atoms with Crippen LogP contribution in [0, 0.1) is 11.3 Å². The summed E-state index contributed by atoms with van der Waals surface area (Å²) in [5, 5.41) is 9.98. The Morgan fingerprint density at radius 3 is 2.53 bits per heavy atom. The standard InChI is InChI=1S/C15H19NO2S/c1-15(2)9-11(17)16(3)14(19)12(15)13(18)10-7-5-4-6-8-10/h4-8,11-12,17H,9H2,1-3H3/t11-,12+/m1/s1. The molecule has 0 aliphatic carbocycles. The predicted octanol–water partition coefficient (Wildman–Crippen LogP) is 2.49. The van der Waals surface area contributed by atoms with Crippen molar-refractivity contribution in [2.75, 3.05) is 7.05 Å². The van der Waals surface area contributed by atoms with E-state index in [0.29, 0.717) is 17.0 Å². The number of nitrogens with zero attached hydrogens (tertiary/aromatic N) is 1. The number of carbonyl (C=O) groups excluding carboxylic acids is 1. The zero-order valence-corrected chi connectivity index (χ0v) is 12.3. The second-order valence-electron chi connectivity index (χ2n) is 5.79. The zero-order chi connectivity index (χ0) is 14.2. The molecule has 1 fully saturated rings. The van der Waals surface area contributed by atoms with E-state index < -0.39 is 6.23 Å². The average Bonchev–Trinajstić information content (AvgIpc) is 2.36. The number of hydrogen-bond donors (Lipinski definition) is 1. The summed E-state index contributed by atoms with van der Waals surface area (Å²) in [5.74, 6) is -0.326. The number of aliphatic hydroxyl groups excluding tert-OH is 1. The number of ketones is 1. The van der Waals surface area contributed by atoms with Crippen LogP contribution < -0.4 is 0 Å². The van der Waals surface area contributed by atoms with Gasteiger partial charge < -0.3 is 10.0 Å². The van der Waals surface area contributed by atoms with Crippen molar-refractivity contribution in [1.29, 1.82) is 0 Å². The highest BCUT2D eigenvalue weighted by Gasteiger charge is 2.46. The fourth-order valence-corrected chi connectivity index (χ4v) is 3.19. The number of piperidine rings is 1. The van der Waals surface area contributed by atoms with Crippen LogP contribution in [-0.2, 0) is 0 Å². The summed E-state index contributed by atoms with van der Waals surface area (Å²) in [4.78, 5) is 14.8. The molecule has 1 aliphatic heterocycles. The predicted molar refractivity (Wildman–Crippen MR) is 79.0 cm³/mol. The molecule has 1 aliphatic rings. The fourth-order valence-electron chi connectivity index (χ4n) is 2.65. The molecule has 0 spiro atoms. The maximum absolute atomic E-state index is 12.7. The molecular weight excluding hydrogens is 258 g/mol. The molecule has 0 unspecified atom stereocenters. The van der Waals surface area contributed by atoms with E-state index in [1.165, 1.54) is 0 Å². The molecule has 1 N–H and O–H groups in total. The molecule has 0 bridgehead atoms. The van der Waals surface area contributed by atoms with Gasteiger partial charge in [-0.1, -0.05) is 56.4 Å². The van der Waals surface area contributed by atoms with E-state index in [1.807, 2.05) is 44.2 Å². The Hall–Kier alpha value is -1.26. The van der Waals surface area contributed by atoms with Gasteiger partial charge in [-0.15, -0.1) is 0 Å². The monoisotopic (exact) mass is 277 g/mol. The number of hydrogen-bond acceptors (Lipinski definition) is 3. The van der Waals surface area contributed by atoms with E-state index >= 15 is 0 Å². The normalized spacial score (nSPS) is 26.3. The first-order valence-corrected chi connectivity index (χ1v) is 6.79. The van der Waals surface area contributed by atoms with Gasteiger partial charge >= 0.3 is 0 Å². The van der Waals surface area contributed by atoms with Crippen molar-refractivity contribution >= 4 is 23.0 Å². The Morgan fingerprint density at radius 2 is 1.95 bits per heavy atom. The van der Waals surface area contributed by atoms with Crippen molar-refractivity contribution in [3.63, 3.8) is 0 Å². The second-order valence-corrected chi connectivity index (χ2v) is 6.20. The summed E-state index contributed by atoms with van der Waals surface area (Å²) in [7, 11) is 1.74. The molecule has 0 amide bonds. The molecule has 4 heteroatoms. The molecule has 19 heavy (non-hydrogen) atoms. The third-order valence-corrected chi connectivity index (χ3v) is 4.38. The van der Waals surface area contributed by atoms with Crippen molar-refractivity contribution in [2.24, 2.45) is 11.3 Å². The molecular formula is C15H19NO2S. The maximum Gasteiger partial charge on any atom is 0.173 e. The van der Waals surface area contributed by atoms with Gasteiger partial charge in [-0.3, -0.25) is 4.79 Å². The molecule has 1 heterocycles. The number of aliphatic hydroxyl groups is 1. The lowest BCUT2D eigenvalue weighted by molar-refractivity contribution is -0.00525. The lowest BCUT2D eigenvalue weighted by Gasteiger charge is -2.45. The minimum absolute atomic E-state index is 0.0364. The number of benzene rings is 1. The SMILES string of the molecule is CN1C(=S)[C@H](C(=O)c2ccccc2)C(C)(C)C[C@H]1O. The van der Waals surface area contributed by atoms with Gasteiger partial charge in [0.1, 0.15) is 6.23 Å². The van der Waals surface area contributed by atoms with E-state index in [1.54, 1.807) is 11.9 Å². The quantitative estimate of drug-likeness (QED) is 0.666. The summed E-state index contributed by atoms with van der Waals surface area (Å²) in [6.07, 6.45) is -0.0744. The number of Topliss-reactive ketones (excluding diaryl/α,β-unsaturated/α-hetero) is 1. The van der Waals surface area contributed by atoms with Crippen molar-refractivity contribution in [3.8, 4) is 0 Å². The van der Waals surface area contributed by atoms with Crippen LogP contribution in [-0.4, -0.2) is 34.1 Å². The highest BCUT2D eigenvalue weighted by Crippen LogP contribution is 2.40. The highest BCUT2D eigenvalue weighted by molar-refractivity contribution is 7.80. The highest BCUT2D eigenvalue weighted by atomic mass is 32.1. The van der Waals surface area contributed by atoms with Crippen LogP contribution in [0.5, 0.6) is 0 Å². The smallest absolute Gasteiger partial charge is 0.173 e. The van der Waals surface area contributed by atoms with Crippen molar-refractivity contribution in [1.82, 2.24) is 4.90 Å². The maximum atomic E-state index is 12.7. The van der Waals surface area contributed by atoms with Gasteiger partial charge in [0.15, 0.2) is 5.78 Å². The van der Waals surface area contributed by atoms with Gasteiger partial charge in [-0.25, -0.2) is 0 Å². The molecule has 1 aromatic rings. The van der Waals surface area contributed by atoms with Crippen molar-refractivity contribution in [3.05, 3.63) is 35.9 Å². The molecule has 2 atom stereocenters. The topological polar surface area (TPSA) is 40.5 Å². The van der Waals surface area contributed by atoms with Crippen molar-refractivity contribution in [2.45, 2.75) is 26.5 Å². The largest absolute Gasteiger partial charge is 0.374 e. The van der Waals surface area contributed by atoms with Crippen LogP contribution in [0.1, 0.15) is 30.6 Å². The van der Waals surface area contributed by atoms with E-state index in [4.69, 9.17) is 12.2 Å². The van der Waals surface area contributed by atoms with E-state index in [-0.39, 0.29) is 17.1 Å². The third-order valence-electron chi connectivity index (χ3n) is 3.85. The first-order valence-electron chi connectivity index (χ1n) is 6.38. The Labute approximate surface area is 119 Å². The summed E-state index contributed by atoms with van der Waals surface area (Å²) in [6, 6.07) is 9.21. The van der Waals surface area contributed by atoms with Crippen molar-refractivity contribution < 1.29 is 9.90 Å². The summed E-state index contributed by atoms with van der Waals surface area (Å²) in [5.41, 5.74) is 0.336. The second kappa shape index (κ2) is 5.02. The Balaban J connectivity index is 2.36. The molecule has 1 aromatic carbocycles. The minimum atomic E-state index is -0.609. The van der Waals surface area contributed by atoms with E-state index in [9.17, 15) is 9.90 Å². The molecule has 0 radical (unpaired) electrons. The van der Waals surface area contributed by atoms with Gasteiger partial charge in [0.25, 0.3) is 0 Å². The molecule has 0 saturated carbocycles. The number of carbonyl (C=O) groups is 1. The summed E-state index contributed by atoms with van der Waals surface area (Å²) >= 11 is 5.40. The average molecular weight is 277 g/mol. The van der Waals surface area contributed by atoms with Crippen LogP contribution in [0.25, 0.3) is 0 Å². The van der Waals surface area contributed by atoms with Crippen LogP contribution in [0.2, 0.25) is 0 Å². The van der Waals surface area contributed by atoms with Gasteiger partial charge in [0.2, 0.25) is 0 Å². The molecule has 2 rings (SSSR count). The van der Waals surface area contributed by atoms with E-state index in [0.717, 1.165) is 0 Å². The Bertz CT molecular complexity index is 498.